The van der Waals surface area contributed by atoms with Gasteiger partial charge >= 0.3 is 0 Å². The highest BCUT2D eigenvalue weighted by Gasteiger charge is 2.05. The Morgan fingerprint density at radius 1 is 1.12 bits per heavy atom. The van der Waals surface area contributed by atoms with Gasteiger partial charge in [-0.05, 0) is 41.8 Å². The van der Waals surface area contributed by atoms with Crippen LogP contribution in [0.4, 0.5) is 4.39 Å². The molecule has 0 aliphatic heterocycles. The van der Waals surface area contributed by atoms with Crippen molar-refractivity contribution in [1.82, 2.24) is 0 Å². The fourth-order valence-electron chi connectivity index (χ4n) is 1.57. The molecule has 0 bridgehead atoms. The smallest absolute Gasteiger partial charge is 0.151 e. The van der Waals surface area contributed by atoms with Gasteiger partial charge in [-0.15, -0.1) is 0 Å². The van der Waals surface area contributed by atoms with Crippen LogP contribution in [0.3, 0.4) is 0 Å². The van der Waals surface area contributed by atoms with Crippen molar-refractivity contribution in [2.75, 3.05) is 0 Å². The maximum atomic E-state index is 13.4. The zero-order valence-corrected chi connectivity index (χ0v) is 9.96. The first-order chi connectivity index (χ1) is 8.11. The van der Waals surface area contributed by atoms with Gasteiger partial charge in [-0.2, -0.15) is 0 Å². The molecule has 0 atom stereocenters. The summed E-state index contributed by atoms with van der Waals surface area (Å²) in [7, 11) is 0. The number of benzene rings is 2. The molecule has 2 rings (SSSR count). The highest BCUT2D eigenvalue weighted by molar-refractivity contribution is 6.33. The molecular formula is C14H10ClFO. The largest absolute Gasteiger partial charge is 0.298 e. The molecule has 0 radical (unpaired) electrons. The van der Waals surface area contributed by atoms with E-state index < -0.39 is 0 Å². The molecule has 1 nitrogen and oxygen atoms in total. The molecule has 0 aliphatic carbocycles. The molecule has 0 saturated heterocycles. The van der Waals surface area contributed by atoms with Crippen LogP contribution in [0.5, 0.6) is 0 Å². The summed E-state index contributed by atoms with van der Waals surface area (Å²) in [5, 5.41) is 0.374. The van der Waals surface area contributed by atoms with Gasteiger partial charge in [0.1, 0.15) is 5.82 Å². The van der Waals surface area contributed by atoms with Crippen LogP contribution in [0.1, 0.15) is 15.9 Å². The minimum atomic E-state index is -0.252. The molecule has 0 fully saturated rings. The number of aryl methyl sites for hydroxylation is 1. The number of carbonyl (C=O) groups excluding carboxylic acids is 1. The van der Waals surface area contributed by atoms with Gasteiger partial charge in [-0.1, -0.05) is 29.8 Å². The summed E-state index contributed by atoms with van der Waals surface area (Å²) in [6, 6.07) is 10.0. The second-order valence-electron chi connectivity index (χ2n) is 3.82. The first kappa shape index (κ1) is 11.8. The maximum absolute atomic E-state index is 13.4. The van der Waals surface area contributed by atoms with E-state index >= 15 is 0 Å². The molecule has 0 N–H and O–H groups in total. The highest BCUT2D eigenvalue weighted by Crippen LogP contribution is 2.26. The molecule has 17 heavy (non-hydrogen) atoms. The fourth-order valence-corrected chi connectivity index (χ4v) is 1.80. The van der Waals surface area contributed by atoms with Gasteiger partial charge in [0, 0.05) is 5.56 Å². The Bertz CT molecular complexity index is 578. The Morgan fingerprint density at radius 3 is 2.35 bits per heavy atom. The summed E-state index contributed by atoms with van der Waals surface area (Å²) in [6.07, 6.45) is 0.696. The van der Waals surface area contributed by atoms with Gasteiger partial charge in [-0.25, -0.2) is 4.39 Å². The summed E-state index contributed by atoms with van der Waals surface area (Å²) in [6.45, 7) is 1.71. The quantitative estimate of drug-likeness (QED) is 0.726. The van der Waals surface area contributed by atoms with Crippen molar-refractivity contribution in [1.29, 1.82) is 0 Å². The fraction of sp³-hybridized carbons (Fsp3) is 0.0714. The Balaban J connectivity index is 2.49. The van der Waals surface area contributed by atoms with Crippen LogP contribution >= 0.6 is 11.6 Å². The van der Waals surface area contributed by atoms with Crippen molar-refractivity contribution < 1.29 is 9.18 Å². The second kappa shape index (κ2) is 4.68. The lowest BCUT2D eigenvalue weighted by molar-refractivity contribution is 0.112. The van der Waals surface area contributed by atoms with E-state index in [1.807, 2.05) is 6.07 Å². The van der Waals surface area contributed by atoms with Crippen molar-refractivity contribution in [2.45, 2.75) is 6.92 Å². The number of halogens is 2. The van der Waals surface area contributed by atoms with Crippen LogP contribution < -0.4 is 0 Å². The third kappa shape index (κ3) is 2.37. The Kier molecular flexibility index (Phi) is 3.25. The van der Waals surface area contributed by atoms with Crippen molar-refractivity contribution >= 4 is 17.9 Å². The number of hydrogen-bond acceptors (Lipinski definition) is 1. The standard InChI is InChI=1S/C14H10ClFO/c1-9-2-3-11(7-14(9)16)10-4-5-12(8-17)13(15)6-10/h2-8H,1H3. The summed E-state index contributed by atoms with van der Waals surface area (Å²) < 4.78 is 13.4. The minimum absolute atomic E-state index is 0.252. The summed E-state index contributed by atoms with van der Waals surface area (Å²) >= 11 is 5.93. The molecule has 86 valence electrons. The number of hydrogen-bond donors (Lipinski definition) is 0. The van der Waals surface area contributed by atoms with E-state index in [4.69, 9.17) is 11.6 Å². The lowest BCUT2D eigenvalue weighted by Gasteiger charge is -2.05. The first-order valence-corrected chi connectivity index (χ1v) is 5.51. The zero-order valence-electron chi connectivity index (χ0n) is 9.21. The lowest BCUT2D eigenvalue weighted by Crippen LogP contribution is -1.87. The number of aldehydes is 1. The molecule has 2 aromatic rings. The Morgan fingerprint density at radius 2 is 1.76 bits per heavy atom. The van der Waals surface area contributed by atoms with Crippen LogP contribution in [0.15, 0.2) is 36.4 Å². The number of rotatable bonds is 2. The zero-order chi connectivity index (χ0) is 12.4. The molecule has 0 heterocycles. The molecule has 0 amide bonds. The van der Waals surface area contributed by atoms with Crippen molar-refractivity contribution in [3.8, 4) is 11.1 Å². The van der Waals surface area contributed by atoms with Gasteiger partial charge in [0.2, 0.25) is 0 Å². The molecule has 3 heteroatoms. The van der Waals surface area contributed by atoms with Crippen molar-refractivity contribution in [3.63, 3.8) is 0 Å². The molecule has 2 aromatic carbocycles. The van der Waals surface area contributed by atoms with E-state index in [2.05, 4.69) is 0 Å². The summed E-state index contributed by atoms with van der Waals surface area (Å²) in [4.78, 5) is 10.6. The van der Waals surface area contributed by atoms with E-state index in [-0.39, 0.29) is 5.82 Å². The number of carbonyl (C=O) groups is 1. The van der Waals surface area contributed by atoms with E-state index in [1.54, 1.807) is 31.2 Å². The van der Waals surface area contributed by atoms with Gasteiger partial charge in [0.05, 0.1) is 5.02 Å². The SMILES string of the molecule is Cc1ccc(-c2ccc(C=O)c(Cl)c2)cc1F. The van der Waals surface area contributed by atoms with Gasteiger partial charge in [0.25, 0.3) is 0 Å². The Labute approximate surface area is 104 Å². The normalized spacial score (nSPS) is 10.3. The molecular weight excluding hydrogens is 239 g/mol. The Hall–Kier alpha value is -1.67. The first-order valence-electron chi connectivity index (χ1n) is 5.13. The predicted molar refractivity (Wildman–Crippen MR) is 67.0 cm³/mol. The van der Waals surface area contributed by atoms with E-state index in [1.165, 1.54) is 6.07 Å². The van der Waals surface area contributed by atoms with Crippen LogP contribution in [0, 0.1) is 12.7 Å². The third-order valence-electron chi connectivity index (χ3n) is 2.63. The molecule has 0 spiro atoms. The van der Waals surface area contributed by atoms with Crippen molar-refractivity contribution in [2.24, 2.45) is 0 Å². The van der Waals surface area contributed by atoms with E-state index in [0.29, 0.717) is 22.4 Å². The van der Waals surface area contributed by atoms with Crippen LogP contribution in [0.2, 0.25) is 5.02 Å². The van der Waals surface area contributed by atoms with Gasteiger partial charge < -0.3 is 0 Å². The van der Waals surface area contributed by atoms with E-state index in [9.17, 15) is 9.18 Å². The van der Waals surface area contributed by atoms with Crippen LogP contribution in [0.25, 0.3) is 11.1 Å². The molecule has 0 saturated carbocycles. The van der Waals surface area contributed by atoms with E-state index in [0.717, 1.165) is 11.1 Å². The monoisotopic (exact) mass is 248 g/mol. The topological polar surface area (TPSA) is 17.1 Å². The lowest BCUT2D eigenvalue weighted by atomic mass is 10.0. The predicted octanol–water partition coefficient (Wildman–Crippen LogP) is 4.27. The van der Waals surface area contributed by atoms with Crippen LogP contribution in [-0.2, 0) is 0 Å². The molecule has 0 aromatic heterocycles. The minimum Gasteiger partial charge on any atom is -0.298 e. The van der Waals surface area contributed by atoms with Gasteiger partial charge in [0.15, 0.2) is 6.29 Å². The second-order valence-corrected chi connectivity index (χ2v) is 4.23. The van der Waals surface area contributed by atoms with Crippen molar-refractivity contribution in [3.05, 3.63) is 58.4 Å². The summed E-state index contributed by atoms with van der Waals surface area (Å²) in [5.41, 5.74) is 2.57. The average molecular weight is 249 g/mol. The average Bonchev–Trinajstić information content (AvgIpc) is 2.32. The van der Waals surface area contributed by atoms with Crippen LogP contribution in [-0.4, -0.2) is 6.29 Å². The third-order valence-corrected chi connectivity index (χ3v) is 2.96. The summed E-state index contributed by atoms with van der Waals surface area (Å²) in [5.74, 6) is -0.252. The molecule has 0 aliphatic rings. The van der Waals surface area contributed by atoms with Gasteiger partial charge in [-0.3, -0.25) is 4.79 Å². The highest BCUT2D eigenvalue weighted by atomic mass is 35.5. The maximum Gasteiger partial charge on any atom is 0.151 e. The molecule has 0 unspecified atom stereocenters.